The van der Waals surface area contributed by atoms with E-state index in [1.807, 2.05) is 31.3 Å². The maximum atomic E-state index is 13.0. The Morgan fingerprint density at radius 1 is 1.24 bits per heavy atom. The van der Waals surface area contributed by atoms with Gasteiger partial charge in [-0.15, -0.1) is 0 Å². The first-order chi connectivity index (χ1) is 14.1. The summed E-state index contributed by atoms with van der Waals surface area (Å²) in [5.41, 5.74) is 4.98. The van der Waals surface area contributed by atoms with Crippen LogP contribution in [-0.4, -0.2) is 25.6 Å². The van der Waals surface area contributed by atoms with Gasteiger partial charge in [0.1, 0.15) is 5.82 Å². The summed E-state index contributed by atoms with van der Waals surface area (Å²) in [6.45, 7) is 2.35. The number of H-pyrrole nitrogens is 1. The summed E-state index contributed by atoms with van der Waals surface area (Å²) in [4.78, 5) is 32.0. The number of para-hydroxylation sites is 1. The summed E-state index contributed by atoms with van der Waals surface area (Å²) in [5.74, 6) is 0.0125. The molecule has 0 radical (unpaired) electrons. The minimum atomic E-state index is -0.623. The molecule has 0 aliphatic rings. The van der Waals surface area contributed by atoms with Gasteiger partial charge < -0.3 is 4.98 Å². The Labute approximate surface area is 166 Å². The van der Waals surface area contributed by atoms with Gasteiger partial charge in [0.25, 0.3) is 11.5 Å². The van der Waals surface area contributed by atoms with Gasteiger partial charge in [-0.2, -0.15) is 0 Å². The SMILES string of the molecule is Cc1nc2cc(/C=C/C(=O)NO)ccc2c(=O)n1CCc1c[nH]c2ccccc12. The number of aryl methyl sites for hydroxylation is 2. The summed E-state index contributed by atoms with van der Waals surface area (Å²) in [6, 6.07) is 13.3. The normalized spacial score (nSPS) is 11.5. The molecule has 0 atom stereocenters. The number of hydrogen-bond acceptors (Lipinski definition) is 4. The highest BCUT2D eigenvalue weighted by Crippen LogP contribution is 2.19. The lowest BCUT2D eigenvalue weighted by atomic mass is 10.1. The highest BCUT2D eigenvalue weighted by atomic mass is 16.5. The maximum Gasteiger partial charge on any atom is 0.267 e. The molecule has 2 aromatic carbocycles. The summed E-state index contributed by atoms with van der Waals surface area (Å²) in [7, 11) is 0. The zero-order chi connectivity index (χ0) is 20.4. The van der Waals surface area contributed by atoms with E-state index in [1.54, 1.807) is 28.8 Å². The molecule has 0 aliphatic carbocycles. The van der Waals surface area contributed by atoms with Crippen molar-refractivity contribution >= 4 is 33.8 Å². The number of rotatable bonds is 5. The van der Waals surface area contributed by atoms with Crippen molar-refractivity contribution in [2.24, 2.45) is 0 Å². The van der Waals surface area contributed by atoms with Crippen molar-refractivity contribution in [2.75, 3.05) is 0 Å². The van der Waals surface area contributed by atoms with Crippen LogP contribution in [0.1, 0.15) is 17.0 Å². The first-order valence-corrected chi connectivity index (χ1v) is 9.25. The third kappa shape index (κ3) is 3.68. The number of carbonyl (C=O) groups is 1. The first-order valence-electron chi connectivity index (χ1n) is 9.25. The van der Waals surface area contributed by atoms with Crippen LogP contribution in [-0.2, 0) is 17.8 Å². The van der Waals surface area contributed by atoms with Gasteiger partial charge in [0, 0.05) is 29.7 Å². The van der Waals surface area contributed by atoms with Gasteiger partial charge in [0.2, 0.25) is 0 Å². The molecule has 146 valence electrons. The molecule has 2 heterocycles. The van der Waals surface area contributed by atoms with Crippen LogP contribution in [0.4, 0.5) is 0 Å². The Morgan fingerprint density at radius 2 is 2.07 bits per heavy atom. The van der Waals surface area contributed by atoms with E-state index in [9.17, 15) is 9.59 Å². The van der Waals surface area contributed by atoms with E-state index < -0.39 is 5.91 Å². The highest BCUT2D eigenvalue weighted by Gasteiger charge is 2.10. The third-order valence-corrected chi connectivity index (χ3v) is 4.99. The minimum Gasteiger partial charge on any atom is -0.361 e. The van der Waals surface area contributed by atoms with E-state index in [1.165, 1.54) is 11.6 Å². The lowest BCUT2D eigenvalue weighted by Gasteiger charge is -2.11. The predicted molar refractivity (Wildman–Crippen MR) is 112 cm³/mol. The summed E-state index contributed by atoms with van der Waals surface area (Å²) in [6.07, 6.45) is 5.46. The second-order valence-corrected chi connectivity index (χ2v) is 6.81. The highest BCUT2D eigenvalue weighted by molar-refractivity contribution is 5.91. The second-order valence-electron chi connectivity index (χ2n) is 6.81. The van der Waals surface area contributed by atoms with Gasteiger partial charge in [-0.25, -0.2) is 10.5 Å². The van der Waals surface area contributed by atoms with Crippen LogP contribution in [0.5, 0.6) is 0 Å². The summed E-state index contributed by atoms with van der Waals surface area (Å²) in [5, 5.41) is 10.2. The molecule has 7 nitrogen and oxygen atoms in total. The number of nitrogens with one attached hydrogen (secondary N) is 2. The summed E-state index contributed by atoms with van der Waals surface area (Å²) >= 11 is 0. The zero-order valence-electron chi connectivity index (χ0n) is 15.8. The lowest BCUT2D eigenvalue weighted by molar-refractivity contribution is -0.124. The molecule has 3 N–H and O–H groups in total. The molecule has 0 fully saturated rings. The average Bonchev–Trinajstić information content (AvgIpc) is 3.14. The van der Waals surface area contributed by atoms with E-state index in [0.717, 1.165) is 22.9 Å². The number of hydrogen-bond donors (Lipinski definition) is 3. The van der Waals surface area contributed by atoms with Gasteiger partial charge in [0.05, 0.1) is 10.9 Å². The number of amides is 1. The molecule has 0 unspecified atom stereocenters. The Hall–Kier alpha value is -3.71. The molecule has 2 aromatic heterocycles. The van der Waals surface area contributed by atoms with Crippen molar-refractivity contribution in [3.05, 3.63) is 82.0 Å². The Bertz CT molecular complexity index is 1300. The topological polar surface area (TPSA) is 100 Å². The van der Waals surface area contributed by atoms with E-state index in [-0.39, 0.29) is 5.56 Å². The van der Waals surface area contributed by atoms with Gasteiger partial charge in [-0.1, -0.05) is 24.3 Å². The fourth-order valence-corrected chi connectivity index (χ4v) is 3.50. The maximum absolute atomic E-state index is 13.0. The van der Waals surface area contributed by atoms with Crippen molar-refractivity contribution in [3.63, 3.8) is 0 Å². The lowest BCUT2D eigenvalue weighted by Crippen LogP contribution is -2.24. The third-order valence-electron chi connectivity index (χ3n) is 4.99. The quantitative estimate of drug-likeness (QED) is 0.278. The zero-order valence-corrected chi connectivity index (χ0v) is 15.8. The Balaban J connectivity index is 1.64. The van der Waals surface area contributed by atoms with Crippen LogP contribution in [0.2, 0.25) is 0 Å². The van der Waals surface area contributed by atoms with Gasteiger partial charge >= 0.3 is 0 Å². The molecule has 4 rings (SSSR count). The smallest absolute Gasteiger partial charge is 0.267 e. The number of aromatic amines is 1. The number of carbonyl (C=O) groups excluding carboxylic acids is 1. The minimum absolute atomic E-state index is 0.0871. The van der Waals surface area contributed by atoms with Gasteiger partial charge in [-0.3, -0.25) is 19.4 Å². The van der Waals surface area contributed by atoms with Crippen molar-refractivity contribution in [3.8, 4) is 0 Å². The molecule has 0 bridgehead atoms. The Morgan fingerprint density at radius 3 is 2.90 bits per heavy atom. The molecule has 4 aromatic rings. The van der Waals surface area contributed by atoms with Crippen LogP contribution in [0, 0.1) is 6.92 Å². The van der Waals surface area contributed by atoms with Crippen LogP contribution >= 0.6 is 0 Å². The molecule has 29 heavy (non-hydrogen) atoms. The Kier molecular flexibility index (Phi) is 4.97. The number of benzene rings is 2. The van der Waals surface area contributed by atoms with Crippen molar-refractivity contribution < 1.29 is 10.0 Å². The van der Waals surface area contributed by atoms with Gasteiger partial charge in [-0.05, 0) is 48.7 Å². The first kappa shape index (κ1) is 18.6. The molecule has 0 aliphatic heterocycles. The van der Waals surface area contributed by atoms with E-state index >= 15 is 0 Å². The number of nitrogens with zero attached hydrogens (tertiary/aromatic N) is 2. The molecular formula is C22H20N4O3. The van der Waals surface area contributed by atoms with Crippen molar-refractivity contribution in [1.29, 1.82) is 0 Å². The fourth-order valence-electron chi connectivity index (χ4n) is 3.50. The fraction of sp³-hybridized carbons (Fsp3) is 0.136. The number of aromatic nitrogens is 3. The number of hydroxylamine groups is 1. The predicted octanol–water partition coefficient (Wildman–Crippen LogP) is 2.95. The van der Waals surface area contributed by atoms with Crippen LogP contribution < -0.4 is 11.0 Å². The second kappa shape index (κ2) is 7.73. The van der Waals surface area contributed by atoms with E-state index in [4.69, 9.17) is 5.21 Å². The monoisotopic (exact) mass is 388 g/mol. The van der Waals surface area contributed by atoms with Crippen LogP contribution in [0.25, 0.3) is 27.9 Å². The van der Waals surface area contributed by atoms with Crippen molar-refractivity contribution in [1.82, 2.24) is 20.0 Å². The van der Waals surface area contributed by atoms with Crippen LogP contribution in [0.3, 0.4) is 0 Å². The molecule has 0 saturated carbocycles. The summed E-state index contributed by atoms with van der Waals surface area (Å²) < 4.78 is 1.69. The molecule has 7 heteroatoms. The standard InChI is InChI=1S/C22H20N4O3/c1-14-24-20-12-15(7-9-21(27)25-29)6-8-18(20)22(28)26(14)11-10-16-13-23-19-5-3-2-4-17(16)19/h2-9,12-13,23,29H,10-11H2,1H3,(H,25,27)/b9-7+. The van der Waals surface area contributed by atoms with E-state index in [0.29, 0.717) is 28.8 Å². The van der Waals surface area contributed by atoms with Crippen LogP contribution in [0.15, 0.2) is 59.5 Å². The largest absolute Gasteiger partial charge is 0.361 e. The molecule has 0 spiro atoms. The van der Waals surface area contributed by atoms with Crippen molar-refractivity contribution in [2.45, 2.75) is 19.9 Å². The van der Waals surface area contributed by atoms with E-state index in [2.05, 4.69) is 16.0 Å². The molecular weight excluding hydrogens is 368 g/mol. The van der Waals surface area contributed by atoms with Gasteiger partial charge in [0.15, 0.2) is 0 Å². The molecule has 1 amide bonds. The molecule has 0 saturated heterocycles. The number of fused-ring (bicyclic) bond motifs is 2. The average molecular weight is 388 g/mol.